The molecule has 0 aliphatic heterocycles. The van der Waals surface area contributed by atoms with Crippen LogP contribution in [0.25, 0.3) is 11.0 Å². The molecule has 19 heavy (non-hydrogen) atoms. The van der Waals surface area contributed by atoms with Gasteiger partial charge in [0.2, 0.25) is 5.91 Å². The molecule has 0 radical (unpaired) electrons. The highest BCUT2D eigenvalue weighted by Gasteiger charge is 2.07. The van der Waals surface area contributed by atoms with Crippen molar-refractivity contribution in [3.8, 4) is 0 Å². The molecule has 1 aromatic carbocycles. The summed E-state index contributed by atoms with van der Waals surface area (Å²) in [6, 6.07) is 7.72. The number of hydrogen-bond donors (Lipinski definition) is 1. The highest BCUT2D eigenvalue weighted by Crippen LogP contribution is 2.11. The number of aromatic nitrogens is 2. The summed E-state index contributed by atoms with van der Waals surface area (Å²) >= 11 is 0. The molecule has 1 heterocycles. The first-order valence-corrected chi connectivity index (χ1v) is 5.94. The number of esters is 1. The second-order valence-corrected chi connectivity index (χ2v) is 4.03. The SMILES string of the molecule is COC(=O)CNC(=O)CCn1cnc2ccccc21. The molecule has 100 valence electrons. The van der Waals surface area contributed by atoms with Gasteiger partial charge in [-0.15, -0.1) is 0 Å². The summed E-state index contributed by atoms with van der Waals surface area (Å²) in [6.45, 7) is 0.424. The summed E-state index contributed by atoms with van der Waals surface area (Å²) in [5.41, 5.74) is 1.89. The quantitative estimate of drug-likeness (QED) is 0.805. The number of carbonyl (C=O) groups is 2. The molecule has 0 saturated heterocycles. The fourth-order valence-electron chi connectivity index (χ4n) is 1.74. The van der Waals surface area contributed by atoms with Crippen LogP contribution < -0.4 is 5.32 Å². The highest BCUT2D eigenvalue weighted by molar-refractivity contribution is 5.82. The summed E-state index contributed by atoms with van der Waals surface area (Å²) in [5.74, 6) is -0.649. The molecule has 1 N–H and O–H groups in total. The molecule has 2 aromatic rings. The lowest BCUT2D eigenvalue weighted by Crippen LogP contribution is -2.30. The van der Waals surface area contributed by atoms with Crippen LogP contribution in [0, 0.1) is 0 Å². The first kappa shape index (κ1) is 13.1. The summed E-state index contributed by atoms with van der Waals surface area (Å²) < 4.78 is 6.35. The van der Waals surface area contributed by atoms with Crippen molar-refractivity contribution in [2.45, 2.75) is 13.0 Å². The second kappa shape index (κ2) is 5.99. The lowest BCUT2D eigenvalue weighted by Gasteiger charge is -2.05. The maximum Gasteiger partial charge on any atom is 0.325 e. The van der Waals surface area contributed by atoms with Crippen LogP contribution in [0.4, 0.5) is 0 Å². The lowest BCUT2D eigenvalue weighted by molar-refractivity contribution is -0.141. The van der Waals surface area contributed by atoms with E-state index in [-0.39, 0.29) is 18.9 Å². The number of hydrogen-bond acceptors (Lipinski definition) is 4. The van der Waals surface area contributed by atoms with Crippen molar-refractivity contribution in [2.75, 3.05) is 13.7 Å². The summed E-state index contributed by atoms with van der Waals surface area (Å²) in [5, 5.41) is 2.50. The van der Waals surface area contributed by atoms with E-state index in [0.717, 1.165) is 11.0 Å². The van der Waals surface area contributed by atoms with Gasteiger partial charge in [0, 0.05) is 13.0 Å². The number of benzene rings is 1. The topological polar surface area (TPSA) is 73.2 Å². The number of para-hydroxylation sites is 2. The van der Waals surface area contributed by atoms with E-state index >= 15 is 0 Å². The predicted molar refractivity (Wildman–Crippen MR) is 69.4 cm³/mol. The van der Waals surface area contributed by atoms with Crippen LogP contribution in [-0.2, 0) is 20.9 Å². The van der Waals surface area contributed by atoms with Crippen molar-refractivity contribution >= 4 is 22.9 Å². The summed E-state index contributed by atoms with van der Waals surface area (Å²) in [4.78, 5) is 26.7. The average Bonchev–Trinajstić information content (AvgIpc) is 2.85. The molecule has 2 rings (SSSR count). The van der Waals surface area contributed by atoms with Crippen LogP contribution >= 0.6 is 0 Å². The van der Waals surface area contributed by atoms with Crippen LogP contribution in [0.15, 0.2) is 30.6 Å². The maximum atomic E-state index is 11.5. The molecule has 0 saturated carbocycles. The van der Waals surface area contributed by atoms with Crippen molar-refractivity contribution in [3.05, 3.63) is 30.6 Å². The minimum Gasteiger partial charge on any atom is -0.468 e. The molecule has 0 bridgehead atoms. The summed E-state index contributed by atoms with van der Waals surface area (Å²) in [7, 11) is 1.28. The largest absolute Gasteiger partial charge is 0.468 e. The Bertz CT molecular complexity index is 592. The standard InChI is InChI=1S/C13H15N3O3/c1-19-13(18)8-14-12(17)6-7-16-9-15-10-4-2-3-5-11(10)16/h2-5,9H,6-8H2,1H3,(H,14,17). The lowest BCUT2D eigenvalue weighted by atomic mass is 10.3. The highest BCUT2D eigenvalue weighted by atomic mass is 16.5. The minimum atomic E-state index is -0.457. The van der Waals surface area contributed by atoms with Gasteiger partial charge in [-0.1, -0.05) is 12.1 Å². The third kappa shape index (κ3) is 3.31. The van der Waals surface area contributed by atoms with Gasteiger partial charge in [-0.05, 0) is 12.1 Å². The molecule has 0 fully saturated rings. The zero-order valence-electron chi connectivity index (χ0n) is 10.6. The second-order valence-electron chi connectivity index (χ2n) is 4.03. The number of nitrogens with one attached hydrogen (secondary N) is 1. The zero-order chi connectivity index (χ0) is 13.7. The Kier molecular flexibility index (Phi) is 4.12. The molecule has 6 nitrogen and oxygen atoms in total. The molecule has 0 atom stereocenters. The van der Waals surface area contributed by atoms with Gasteiger partial charge in [-0.25, -0.2) is 4.98 Å². The van der Waals surface area contributed by atoms with Crippen LogP contribution in [0.2, 0.25) is 0 Å². The van der Waals surface area contributed by atoms with Crippen molar-refractivity contribution in [2.24, 2.45) is 0 Å². The maximum absolute atomic E-state index is 11.5. The van der Waals surface area contributed by atoms with E-state index in [0.29, 0.717) is 6.54 Å². The van der Waals surface area contributed by atoms with Gasteiger partial charge in [0.1, 0.15) is 6.54 Å². The molecule has 0 unspecified atom stereocenters. The molecule has 0 aliphatic rings. The predicted octanol–water partition coefficient (Wildman–Crippen LogP) is 0.716. The van der Waals surface area contributed by atoms with E-state index < -0.39 is 5.97 Å². The Hall–Kier alpha value is -2.37. The Morgan fingerprint density at radius 2 is 2.16 bits per heavy atom. The van der Waals surface area contributed by atoms with Crippen molar-refractivity contribution in [1.82, 2.24) is 14.9 Å². The molecule has 0 aliphatic carbocycles. The van der Waals surface area contributed by atoms with E-state index in [2.05, 4.69) is 15.0 Å². The minimum absolute atomic E-state index is 0.0972. The third-order valence-electron chi connectivity index (χ3n) is 2.76. The van der Waals surface area contributed by atoms with Crippen LogP contribution in [-0.4, -0.2) is 35.1 Å². The normalized spacial score (nSPS) is 10.4. The first-order valence-electron chi connectivity index (χ1n) is 5.94. The van der Waals surface area contributed by atoms with Gasteiger partial charge in [0.25, 0.3) is 0 Å². The van der Waals surface area contributed by atoms with E-state index in [9.17, 15) is 9.59 Å². The molecular formula is C13H15N3O3. The Balaban J connectivity index is 1.88. The number of amides is 1. The molecular weight excluding hydrogens is 246 g/mol. The van der Waals surface area contributed by atoms with E-state index in [1.165, 1.54) is 7.11 Å². The van der Waals surface area contributed by atoms with Gasteiger partial charge < -0.3 is 14.6 Å². The summed E-state index contributed by atoms with van der Waals surface area (Å²) in [6.07, 6.45) is 2.00. The van der Waals surface area contributed by atoms with Crippen LogP contribution in [0.5, 0.6) is 0 Å². The zero-order valence-corrected chi connectivity index (χ0v) is 10.6. The Morgan fingerprint density at radius 1 is 1.37 bits per heavy atom. The van der Waals surface area contributed by atoms with Gasteiger partial charge in [-0.2, -0.15) is 0 Å². The molecule has 1 amide bonds. The molecule has 0 spiro atoms. The number of nitrogens with zero attached hydrogens (tertiary/aromatic N) is 2. The monoisotopic (exact) mass is 261 g/mol. The number of fused-ring (bicyclic) bond motifs is 1. The van der Waals surface area contributed by atoms with Gasteiger partial charge >= 0.3 is 5.97 Å². The van der Waals surface area contributed by atoms with Crippen molar-refractivity contribution in [3.63, 3.8) is 0 Å². The van der Waals surface area contributed by atoms with Crippen LogP contribution in [0.1, 0.15) is 6.42 Å². The number of imidazole rings is 1. The first-order chi connectivity index (χ1) is 9.20. The number of carbonyl (C=O) groups excluding carboxylic acids is 2. The van der Waals surface area contributed by atoms with Gasteiger partial charge in [0.05, 0.1) is 24.5 Å². The smallest absolute Gasteiger partial charge is 0.325 e. The number of rotatable bonds is 5. The third-order valence-corrected chi connectivity index (χ3v) is 2.76. The number of methoxy groups -OCH3 is 1. The number of ether oxygens (including phenoxy) is 1. The van der Waals surface area contributed by atoms with Crippen molar-refractivity contribution in [1.29, 1.82) is 0 Å². The van der Waals surface area contributed by atoms with E-state index in [1.54, 1.807) is 6.33 Å². The van der Waals surface area contributed by atoms with Crippen LogP contribution in [0.3, 0.4) is 0 Å². The Labute approximate surface area is 110 Å². The molecule has 6 heteroatoms. The average molecular weight is 261 g/mol. The Morgan fingerprint density at radius 3 is 2.95 bits per heavy atom. The van der Waals surface area contributed by atoms with E-state index in [1.807, 2.05) is 28.8 Å². The van der Waals surface area contributed by atoms with E-state index in [4.69, 9.17) is 0 Å². The van der Waals surface area contributed by atoms with Crippen molar-refractivity contribution < 1.29 is 14.3 Å². The number of aryl methyl sites for hydroxylation is 1. The van der Waals surface area contributed by atoms with Gasteiger partial charge in [-0.3, -0.25) is 9.59 Å². The fourth-order valence-corrected chi connectivity index (χ4v) is 1.74. The molecule has 1 aromatic heterocycles. The van der Waals surface area contributed by atoms with Gasteiger partial charge in [0.15, 0.2) is 0 Å². The fraction of sp³-hybridized carbons (Fsp3) is 0.308.